The number of aromatic nitrogens is 2. The number of H-pyrrole nitrogens is 1. The summed E-state index contributed by atoms with van der Waals surface area (Å²) in [5, 5.41) is 11.7. The molecule has 0 aliphatic rings. The van der Waals surface area contributed by atoms with Gasteiger partial charge in [0.2, 0.25) is 0 Å². The van der Waals surface area contributed by atoms with Crippen molar-refractivity contribution in [2.75, 3.05) is 0 Å². The van der Waals surface area contributed by atoms with Crippen LogP contribution in [-0.2, 0) is 11.2 Å². The van der Waals surface area contributed by atoms with E-state index < -0.39 is 11.7 Å². The van der Waals surface area contributed by atoms with E-state index in [9.17, 15) is 9.59 Å². The van der Waals surface area contributed by atoms with Crippen molar-refractivity contribution in [3.63, 3.8) is 0 Å². The molecule has 0 aliphatic heterocycles. The topological polar surface area (TPSA) is 96.2 Å². The third-order valence-electron chi connectivity index (χ3n) is 1.29. The lowest BCUT2D eigenvalue weighted by Crippen LogP contribution is -1.99. The average molecular weight is 172 g/mol. The molecular weight excluding hydrogens is 164 g/mol. The van der Waals surface area contributed by atoms with Crippen molar-refractivity contribution in [2.24, 2.45) is 0 Å². The lowest BCUT2D eigenvalue weighted by atomic mass is 10.2. The predicted molar refractivity (Wildman–Crippen MR) is 37.7 cm³/mol. The Labute approximate surface area is 67.2 Å². The number of aromatic amines is 1. The molecule has 66 valence electrons. The zero-order chi connectivity index (χ0) is 8.97. The molecule has 12 heavy (non-hydrogen) atoms. The average Bonchev–Trinajstić information content (AvgIpc) is 2.35. The molecule has 0 saturated heterocycles. The van der Waals surface area contributed by atoms with Crippen molar-refractivity contribution >= 4 is 5.97 Å². The van der Waals surface area contributed by atoms with Crippen LogP contribution < -0.4 is 5.76 Å². The Morgan fingerprint density at radius 2 is 2.42 bits per heavy atom. The molecule has 0 atom stereocenters. The molecule has 0 aliphatic carbocycles. The Morgan fingerprint density at radius 3 is 2.92 bits per heavy atom. The second-order valence-corrected chi connectivity index (χ2v) is 2.29. The summed E-state index contributed by atoms with van der Waals surface area (Å²) in [4.78, 5) is 22.8. The summed E-state index contributed by atoms with van der Waals surface area (Å²) in [5.74, 6) is -1.08. The first-order chi connectivity index (χ1) is 5.68. The Morgan fingerprint density at radius 1 is 1.67 bits per heavy atom. The van der Waals surface area contributed by atoms with Gasteiger partial charge in [0.1, 0.15) is 0 Å². The maximum absolute atomic E-state index is 10.4. The number of carboxylic acids is 1. The first-order valence-corrected chi connectivity index (χ1v) is 3.45. The number of hydrogen-bond donors (Lipinski definition) is 2. The standard InChI is InChI=1S/C6H8N2O4/c9-5(10)3-1-2-4-7-6(11)12-8-4/h1-3H2,(H,9,10)(H,7,8,11). The van der Waals surface area contributed by atoms with Crippen LogP contribution in [0.5, 0.6) is 0 Å². The summed E-state index contributed by atoms with van der Waals surface area (Å²) in [6, 6.07) is 0. The van der Waals surface area contributed by atoms with E-state index in [1.54, 1.807) is 0 Å². The molecule has 0 radical (unpaired) electrons. The normalized spacial score (nSPS) is 10.0. The minimum atomic E-state index is -0.860. The zero-order valence-electron chi connectivity index (χ0n) is 6.24. The first-order valence-electron chi connectivity index (χ1n) is 3.45. The fourth-order valence-corrected chi connectivity index (χ4v) is 0.775. The van der Waals surface area contributed by atoms with E-state index in [1.807, 2.05) is 0 Å². The Hall–Kier alpha value is -1.59. The van der Waals surface area contributed by atoms with E-state index in [0.717, 1.165) is 0 Å². The molecule has 0 unspecified atom stereocenters. The molecule has 0 spiro atoms. The highest BCUT2D eigenvalue weighted by molar-refractivity contribution is 5.66. The Kier molecular flexibility index (Phi) is 2.62. The zero-order valence-corrected chi connectivity index (χ0v) is 6.24. The van der Waals surface area contributed by atoms with Crippen molar-refractivity contribution in [1.29, 1.82) is 0 Å². The van der Waals surface area contributed by atoms with Crippen LogP contribution in [0.15, 0.2) is 9.32 Å². The number of carboxylic acid groups (broad SMARTS) is 1. The largest absolute Gasteiger partial charge is 0.481 e. The van der Waals surface area contributed by atoms with Gasteiger partial charge in [-0.25, -0.2) is 4.79 Å². The van der Waals surface area contributed by atoms with Crippen LogP contribution in [0.25, 0.3) is 0 Å². The van der Waals surface area contributed by atoms with Gasteiger partial charge in [0.15, 0.2) is 5.82 Å². The van der Waals surface area contributed by atoms with Gasteiger partial charge in [-0.05, 0) is 6.42 Å². The molecule has 1 heterocycles. The summed E-state index contributed by atoms with van der Waals surface area (Å²) in [6.07, 6.45) is 0.921. The summed E-state index contributed by atoms with van der Waals surface area (Å²) in [7, 11) is 0. The van der Waals surface area contributed by atoms with Gasteiger partial charge in [0.05, 0.1) is 0 Å². The van der Waals surface area contributed by atoms with Gasteiger partial charge < -0.3 is 5.11 Å². The van der Waals surface area contributed by atoms with Crippen molar-refractivity contribution < 1.29 is 14.4 Å². The van der Waals surface area contributed by atoms with E-state index in [4.69, 9.17) is 5.11 Å². The molecule has 6 nitrogen and oxygen atoms in total. The minimum Gasteiger partial charge on any atom is -0.481 e. The SMILES string of the molecule is O=C(O)CCCc1noc(=O)[nH]1. The van der Waals surface area contributed by atoms with Crippen LogP contribution in [-0.4, -0.2) is 21.2 Å². The van der Waals surface area contributed by atoms with Crippen LogP contribution >= 0.6 is 0 Å². The third kappa shape index (κ3) is 2.57. The Balaban J connectivity index is 2.33. The quantitative estimate of drug-likeness (QED) is 0.653. The van der Waals surface area contributed by atoms with Gasteiger partial charge in [0, 0.05) is 12.8 Å². The number of nitrogens with zero attached hydrogens (tertiary/aromatic N) is 1. The molecule has 0 aromatic carbocycles. The van der Waals surface area contributed by atoms with Gasteiger partial charge in [-0.1, -0.05) is 5.16 Å². The van der Waals surface area contributed by atoms with E-state index in [1.165, 1.54) is 0 Å². The number of aryl methyl sites for hydroxylation is 1. The summed E-state index contributed by atoms with van der Waals surface area (Å²) < 4.78 is 4.21. The lowest BCUT2D eigenvalue weighted by Gasteiger charge is -1.90. The predicted octanol–water partition coefficient (Wildman–Crippen LogP) is -0.230. The van der Waals surface area contributed by atoms with Gasteiger partial charge >= 0.3 is 11.7 Å². The molecule has 0 saturated carbocycles. The third-order valence-corrected chi connectivity index (χ3v) is 1.29. The van der Waals surface area contributed by atoms with Crippen LogP contribution in [0, 0.1) is 0 Å². The van der Waals surface area contributed by atoms with Crippen LogP contribution in [0.3, 0.4) is 0 Å². The van der Waals surface area contributed by atoms with E-state index in [2.05, 4.69) is 14.7 Å². The van der Waals surface area contributed by atoms with Gasteiger partial charge in [0.25, 0.3) is 0 Å². The molecule has 0 amide bonds. The number of rotatable bonds is 4. The van der Waals surface area contributed by atoms with Gasteiger partial charge in [-0.2, -0.15) is 0 Å². The molecule has 0 fully saturated rings. The molecule has 1 aromatic rings. The van der Waals surface area contributed by atoms with E-state index in [0.29, 0.717) is 18.7 Å². The van der Waals surface area contributed by atoms with Crippen LogP contribution in [0.2, 0.25) is 0 Å². The highest BCUT2D eigenvalue weighted by Gasteiger charge is 2.01. The van der Waals surface area contributed by atoms with Gasteiger partial charge in [-0.15, -0.1) is 0 Å². The van der Waals surface area contributed by atoms with Crippen molar-refractivity contribution in [2.45, 2.75) is 19.3 Å². The highest BCUT2D eigenvalue weighted by Crippen LogP contribution is 1.96. The Bertz CT molecular complexity index is 313. The molecule has 2 N–H and O–H groups in total. The number of nitrogens with one attached hydrogen (secondary N) is 1. The maximum Gasteiger partial charge on any atom is 0.438 e. The van der Waals surface area contributed by atoms with Crippen molar-refractivity contribution in [3.05, 3.63) is 16.4 Å². The smallest absolute Gasteiger partial charge is 0.438 e. The van der Waals surface area contributed by atoms with E-state index >= 15 is 0 Å². The first kappa shape index (κ1) is 8.51. The monoisotopic (exact) mass is 172 g/mol. The lowest BCUT2D eigenvalue weighted by molar-refractivity contribution is -0.137. The van der Waals surface area contributed by atoms with Gasteiger partial charge in [-0.3, -0.25) is 14.3 Å². The molecule has 1 rings (SSSR count). The molecule has 0 bridgehead atoms. The second kappa shape index (κ2) is 3.70. The molecule has 1 aromatic heterocycles. The fraction of sp³-hybridized carbons (Fsp3) is 0.500. The minimum absolute atomic E-state index is 0.0644. The van der Waals surface area contributed by atoms with Crippen molar-refractivity contribution in [3.8, 4) is 0 Å². The summed E-state index contributed by atoms with van der Waals surface area (Å²) >= 11 is 0. The summed E-state index contributed by atoms with van der Waals surface area (Å²) in [5.41, 5.74) is 0. The number of carbonyl (C=O) groups is 1. The highest BCUT2D eigenvalue weighted by atomic mass is 16.5. The number of aliphatic carboxylic acids is 1. The summed E-state index contributed by atoms with van der Waals surface area (Å²) in [6.45, 7) is 0. The second-order valence-electron chi connectivity index (χ2n) is 2.29. The fourth-order valence-electron chi connectivity index (χ4n) is 0.775. The molecular formula is C6H8N2O4. The van der Waals surface area contributed by atoms with Crippen LogP contribution in [0.1, 0.15) is 18.7 Å². The maximum atomic E-state index is 10.4. The van der Waals surface area contributed by atoms with Crippen molar-refractivity contribution in [1.82, 2.24) is 10.1 Å². The number of hydrogen-bond acceptors (Lipinski definition) is 4. The van der Waals surface area contributed by atoms with E-state index in [-0.39, 0.29) is 6.42 Å². The van der Waals surface area contributed by atoms with Crippen LogP contribution in [0.4, 0.5) is 0 Å². The molecule has 6 heteroatoms.